The molecule has 0 aromatic heterocycles. The Morgan fingerprint density at radius 1 is 0.923 bits per heavy atom. The van der Waals surface area contributed by atoms with Gasteiger partial charge in [-0.3, -0.25) is 4.79 Å². The van der Waals surface area contributed by atoms with Crippen molar-refractivity contribution in [3.8, 4) is 17.2 Å². The molecule has 140 valence electrons. The highest BCUT2D eigenvalue weighted by molar-refractivity contribution is 6.05. The number of benzene rings is 2. The lowest BCUT2D eigenvalue weighted by atomic mass is 10.1. The molecule has 0 heterocycles. The zero-order chi connectivity index (χ0) is 19.4. The number of anilines is 2. The van der Waals surface area contributed by atoms with Crippen molar-refractivity contribution in [2.24, 2.45) is 0 Å². The normalized spacial score (nSPS) is 10.3. The average Bonchev–Trinajstić information content (AvgIpc) is 2.59. The lowest BCUT2D eigenvalue weighted by molar-refractivity contribution is 0.102. The zero-order valence-electron chi connectivity index (χ0n) is 15.1. The molecular formula is C18H20F2N2O4. The van der Waals surface area contributed by atoms with Gasteiger partial charge in [-0.25, -0.2) is 8.78 Å². The summed E-state index contributed by atoms with van der Waals surface area (Å²) in [5.74, 6) is -1.24. The number of carbonyl (C=O) groups excluding carboxylic acids is 1. The Balaban J connectivity index is 2.36. The van der Waals surface area contributed by atoms with Crippen molar-refractivity contribution in [1.82, 2.24) is 0 Å². The fourth-order valence-corrected chi connectivity index (χ4v) is 2.48. The first-order chi connectivity index (χ1) is 12.3. The number of hydrogen-bond acceptors (Lipinski definition) is 5. The summed E-state index contributed by atoms with van der Waals surface area (Å²) in [5, 5.41) is 2.46. The fourth-order valence-electron chi connectivity index (χ4n) is 2.48. The number of hydrogen-bond donors (Lipinski definition) is 1. The maximum Gasteiger partial charge on any atom is 0.255 e. The monoisotopic (exact) mass is 366 g/mol. The lowest BCUT2D eigenvalue weighted by Crippen LogP contribution is -2.16. The van der Waals surface area contributed by atoms with Crippen LogP contribution < -0.4 is 24.4 Å². The largest absolute Gasteiger partial charge is 0.493 e. The summed E-state index contributed by atoms with van der Waals surface area (Å²) in [7, 11) is 7.33. The molecule has 26 heavy (non-hydrogen) atoms. The molecule has 2 aromatic carbocycles. The van der Waals surface area contributed by atoms with Gasteiger partial charge in [0.05, 0.1) is 21.3 Å². The molecule has 0 aliphatic heterocycles. The summed E-state index contributed by atoms with van der Waals surface area (Å²) in [6.45, 7) is 0. The summed E-state index contributed by atoms with van der Waals surface area (Å²) < 4.78 is 43.7. The zero-order valence-corrected chi connectivity index (χ0v) is 15.1. The van der Waals surface area contributed by atoms with Gasteiger partial charge in [0.1, 0.15) is 5.69 Å². The molecule has 0 spiro atoms. The van der Waals surface area contributed by atoms with Gasteiger partial charge in [-0.2, -0.15) is 0 Å². The van der Waals surface area contributed by atoms with Crippen LogP contribution >= 0.6 is 0 Å². The second-order valence-electron chi connectivity index (χ2n) is 5.55. The van der Waals surface area contributed by atoms with Gasteiger partial charge in [-0.1, -0.05) is 0 Å². The molecule has 1 N–H and O–H groups in total. The number of ether oxygens (including phenoxy) is 3. The molecule has 0 bridgehead atoms. The first-order valence-electron chi connectivity index (χ1n) is 7.60. The molecule has 0 saturated heterocycles. The van der Waals surface area contributed by atoms with E-state index in [9.17, 15) is 13.6 Å². The molecule has 0 fully saturated rings. The molecule has 1 amide bonds. The molecule has 0 atom stereocenters. The average molecular weight is 366 g/mol. The van der Waals surface area contributed by atoms with Crippen molar-refractivity contribution in [1.29, 1.82) is 0 Å². The minimum atomic E-state index is -0.782. The first kappa shape index (κ1) is 19.3. The number of methoxy groups -OCH3 is 3. The molecule has 8 heteroatoms. The van der Waals surface area contributed by atoms with Crippen LogP contribution in [0.3, 0.4) is 0 Å². The van der Waals surface area contributed by atoms with E-state index in [1.165, 1.54) is 52.5 Å². The van der Waals surface area contributed by atoms with Crippen molar-refractivity contribution >= 4 is 17.3 Å². The molecule has 0 aliphatic rings. The van der Waals surface area contributed by atoms with E-state index in [4.69, 9.17) is 14.2 Å². The van der Waals surface area contributed by atoms with E-state index in [0.717, 1.165) is 12.1 Å². The van der Waals surface area contributed by atoms with E-state index in [1.807, 2.05) is 0 Å². The van der Waals surface area contributed by atoms with Crippen LogP contribution in [0.1, 0.15) is 10.4 Å². The molecular weight excluding hydrogens is 346 g/mol. The van der Waals surface area contributed by atoms with E-state index in [-0.39, 0.29) is 28.4 Å². The molecule has 2 aromatic rings. The quantitative estimate of drug-likeness (QED) is 0.850. The van der Waals surface area contributed by atoms with Gasteiger partial charge in [0, 0.05) is 25.3 Å². The van der Waals surface area contributed by atoms with Crippen molar-refractivity contribution in [2.45, 2.75) is 0 Å². The van der Waals surface area contributed by atoms with Gasteiger partial charge < -0.3 is 24.4 Å². The Bertz CT molecular complexity index is 777. The van der Waals surface area contributed by atoms with Crippen molar-refractivity contribution in [3.63, 3.8) is 0 Å². The van der Waals surface area contributed by atoms with Crippen LogP contribution in [0.2, 0.25) is 0 Å². The van der Waals surface area contributed by atoms with E-state index in [0.29, 0.717) is 5.75 Å². The highest BCUT2D eigenvalue weighted by atomic mass is 19.1. The second kappa shape index (κ2) is 7.90. The number of nitrogens with one attached hydrogen (secondary N) is 1. The Kier molecular flexibility index (Phi) is 5.86. The summed E-state index contributed by atoms with van der Waals surface area (Å²) in [5.41, 5.74) is -0.0165. The summed E-state index contributed by atoms with van der Waals surface area (Å²) in [6, 6.07) is 4.98. The number of carbonyl (C=O) groups is 1. The first-order valence-corrected chi connectivity index (χ1v) is 7.60. The van der Waals surface area contributed by atoms with Gasteiger partial charge in [-0.15, -0.1) is 0 Å². The molecule has 6 nitrogen and oxygen atoms in total. The number of nitrogens with zero attached hydrogens (tertiary/aromatic N) is 1. The third-order valence-electron chi connectivity index (χ3n) is 3.65. The Hall–Kier alpha value is -3.03. The molecule has 0 unspecified atom stereocenters. The van der Waals surface area contributed by atoms with Gasteiger partial charge >= 0.3 is 0 Å². The van der Waals surface area contributed by atoms with E-state index in [1.54, 1.807) is 0 Å². The number of rotatable bonds is 6. The smallest absolute Gasteiger partial charge is 0.255 e. The maximum atomic E-state index is 14.1. The number of halogens is 2. The molecule has 0 aliphatic carbocycles. The summed E-state index contributed by atoms with van der Waals surface area (Å²) in [4.78, 5) is 13.8. The molecule has 0 radical (unpaired) electrons. The van der Waals surface area contributed by atoms with Gasteiger partial charge in [-0.05, 0) is 24.3 Å². The van der Waals surface area contributed by atoms with Crippen molar-refractivity contribution in [3.05, 3.63) is 41.5 Å². The minimum absolute atomic E-state index is 0.00986. The van der Waals surface area contributed by atoms with Gasteiger partial charge in [0.15, 0.2) is 23.1 Å². The van der Waals surface area contributed by atoms with E-state index >= 15 is 0 Å². The molecule has 2 rings (SSSR count). The van der Waals surface area contributed by atoms with Crippen LogP contribution in [0.4, 0.5) is 20.2 Å². The van der Waals surface area contributed by atoms with Crippen molar-refractivity contribution < 1.29 is 27.8 Å². The van der Waals surface area contributed by atoms with Crippen LogP contribution in [0.15, 0.2) is 24.3 Å². The van der Waals surface area contributed by atoms with Crippen LogP contribution in [0.5, 0.6) is 17.2 Å². The van der Waals surface area contributed by atoms with Crippen LogP contribution in [-0.2, 0) is 0 Å². The topological polar surface area (TPSA) is 60.0 Å². The minimum Gasteiger partial charge on any atom is -0.493 e. The Labute approximate surface area is 150 Å². The summed E-state index contributed by atoms with van der Waals surface area (Å²) in [6.07, 6.45) is 0. The standard InChI is InChI=1S/C18H20F2N2O4/c1-22(2)16-12(19)8-11(9-13(16)20)21-18(23)10-6-14(24-3)17(26-5)15(7-10)25-4/h6-9H,1-5H3,(H,21,23). The predicted octanol–water partition coefficient (Wildman–Crippen LogP) is 3.31. The highest BCUT2D eigenvalue weighted by Crippen LogP contribution is 2.38. The second-order valence-corrected chi connectivity index (χ2v) is 5.55. The SMILES string of the molecule is COc1cc(C(=O)Nc2cc(F)c(N(C)C)c(F)c2)cc(OC)c1OC. The predicted molar refractivity (Wildman–Crippen MR) is 94.7 cm³/mol. The Morgan fingerprint density at radius 3 is 1.81 bits per heavy atom. The van der Waals surface area contributed by atoms with Crippen LogP contribution in [0.25, 0.3) is 0 Å². The Morgan fingerprint density at radius 2 is 1.42 bits per heavy atom. The fraction of sp³-hybridized carbons (Fsp3) is 0.278. The van der Waals surface area contributed by atoms with Crippen LogP contribution in [-0.4, -0.2) is 41.3 Å². The van der Waals surface area contributed by atoms with Crippen LogP contribution in [0, 0.1) is 11.6 Å². The van der Waals surface area contributed by atoms with E-state index in [2.05, 4.69) is 5.32 Å². The third-order valence-corrected chi connectivity index (χ3v) is 3.65. The van der Waals surface area contributed by atoms with Gasteiger partial charge in [0.2, 0.25) is 5.75 Å². The third kappa shape index (κ3) is 3.79. The molecule has 0 saturated carbocycles. The lowest BCUT2D eigenvalue weighted by Gasteiger charge is -2.16. The van der Waals surface area contributed by atoms with E-state index < -0.39 is 17.5 Å². The summed E-state index contributed by atoms with van der Waals surface area (Å²) >= 11 is 0. The van der Waals surface area contributed by atoms with Crippen molar-refractivity contribution in [2.75, 3.05) is 45.6 Å². The highest BCUT2D eigenvalue weighted by Gasteiger charge is 2.19. The number of amides is 1. The van der Waals surface area contributed by atoms with Gasteiger partial charge in [0.25, 0.3) is 5.91 Å². The maximum absolute atomic E-state index is 14.1.